The molecule has 1 aliphatic rings. The van der Waals surface area contributed by atoms with Gasteiger partial charge < -0.3 is 10.5 Å². The third-order valence-electron chi connectivity index (χ3n) is 2.65. The van der Waals surface area contributed by atoms with Crippen LogP contribution in [0.5, 0.6) is 0 Å². The fourth-order valence-corrected chi connectivity index (χ4v) is 1.99. The summed E-state index contributed by atoms with van der Waals surface area (Å²) in [4.78, 5) is 19.7. The number of esters is 1. The van der Waals surface area contributed by atoms with E-state index in [1.807, 2.05) is 12.2 Å². The summed E-state index contributed by atoms with van der Waals surface area (Å²) in [6, 6.07) is 0. The van der Waals surface area contributed by atoms with Crippen molar-refractivity contribution in [3.05, 3.63) is 34.7 Å². The molecule has 0 spiro atoms. The largest absolute Gasteiger partial charge is 0.469 e. The molecule has 1 aromatic rings. The van der Waals surface area contributed by atoms with Crippen LogP contribution in [0.25, 0.3) is 5.57 Å². The molecule has 1 unspecified atom stereocenters. The van der Waals surface area contributed by atoms with Gasteiger partial charge in [0.1, 0.15) is 16.1 Å². The molecule has 0 amide bonds. The van der Waals surface area contributed by atoms with Crippen molar-refractivity contribution in [3.8, 4) is 0 Å². The minimum absolute atomic E-state index is 0.236. The zero-order valence-corrected chi connectivity index (χ0v) is 11.3. The van der Waals surface area contributed by atoms with E-state index in [1.54, 1.807) is 12.3 Å². The van der Waals surface area contributed by atoms with Crippen molar-refractivity contribution in [2.45, 2.75) is 6.42 Å². The van der Waals surface area contributed by atoms with E-state index in [1.165, 1.54) is 7.11 Å². The van der Waals surface area contributed by atoms with Crippen LogP contribution in [0.3, 0.4) is 0 Å². The summed E-state index contributed by atoms with van der Waals surface area (Å²) in [5.41, 5.74) is 7.26. The van der Waals surface area contributed by atoms with Gasteiger partial charge in [0.25, 0.3) is 0 Å². The molecule has 1 aromatic heterocycles. The molecular weight excluding hydrogens is 298 g/mol. The zero-order chi connectivity index (χ0) is 13.1. The molecule has 0 aromatic carbocycles. The van der Waals surface area contributed by atoms with E-state index >= 15 is 0 Å². The number of carbonyl (C=O) groups excluding carboxylic acids is 1. The molecule has 2 N–H and O–H groups in total. The third-order valence-corrected chi connectivity index (χ3v) is 3.03. The highest BCUT2D eigenvalue weighted by Gasteiger charge is 2.19. The Morgan fingerprint density at radius 1 is 1.61 bits per heavy atom. The fraction of sp³-hybridized carbons (Fsp3) is 0.250. The highest BCUT2D eigenvalue weighted by Crippen LogP contribution is 2.27. The molecule has 94 valence electrons. The number of methoxy groups -OCH3 is 1. The molecule has 6 heteroatoms. The van der Waals surface area contributed by atoms with Gasteiger partial charge in [0, 0.05) is 0 Å². The monoisotopic (exact) mass is 309 g/mol. The van der Waals surface area contributed by atoms with E-state index in [2.05, 4.69) is 25.9 Å². The summed E-state index contributed by atoms with van der Waals surface area (Å²) in [7, 11) is 1.38. The number of nitrogens with two attached hydrogens (primary N) is 1. The first kappa shape index (κ1) is 12.8. The van der Waals surface area contributed by atoms with Gasteiger partial charge in [0.15, 0.2) is 0 Å². The summed E-state index contributed by atoms with van der Waals surface area (Å²) in [6.45, 7) is 0. The molecule has 1 atom stereocenters. The Kier molecular flexibility index (Phi) is 3.76. The molecule has 18 heavy (non-hydrogen) atoms. The number of rotatable bonds is 2. The summed E-state index contributed by atoms with van der Waals surface area (Å²) in [5, 5.41) is 0. The van der Waals surface area contributed by atoms with Gasteiger partial charge >= 0.3 is 5.97 Å². The maximum absolute atomic E-state index is 11.4. The van der Waals surface area contributed by atoms with E-state index in [0.717, 1.165) is 5.57 Å². The Bertz CT molecular complexity index is 540. The van der Waals surface area contributed by atoms with Crippen LogP contribution in [0.4, 0.5) is 5.82 Å². The van der Waals surface area contributed by atoms with Gasteiger partial charge in [-0.25, -0.2) is 9.97 Å². The van der Waals surface area contributed by atoms with Crippen molar-refractivity contribution < 1.29 is 9.53 Å². The standard InChI is InChI=1S/C12H12BrN3O2/c1-18-12(17)8-4-2-7(3-5-8)10-11(14)15-6-9(13)16-10/h2-4,6,8H,5H2,1H3,(H2,14,15). The van der Waals surface area contributed by atoms with Crippen molar-refractivity contribution in [3.63, 3.8) is 0 Å². The minimum atomic E-state index is -0.241. The highest BCUT2D eigenvalue weighted by molar-refractivity contribution is 9.10. The van der Waals surface area contributed by atoms with Crippen LogP contribution in [0.15, 0.2) is 29.0 Å². The Labute approximate surface area is 113 Å². The SMILES string of the molecule is COC(=O)C1C=CC(c2nc(Br)cnc2N)=CC1. The lowest BCUT2D eigenvalue weighted by atomic mass is 9.95. The van der Waals surface area contributed by atoms with Crippen LogP contribution in [0.2, 0.25) is 0 Å². The third kappa shape index (κ3) is 2.59. The van der Waals surface area contributed by atoms with Gasteiger partial charge in [0.2, 0.25) is 0 Å². The molecule has 0 aliphatic heterocycles. The lowest BCUT2D eigenvalue weighted by molar-refractivity contribution is -0.143. The predicted octanol–water partition coefficient (Wildman–Crippen LogP) is 1.95. The van der Waals surface area contributed by atoms with Crippen LogP contribution >= 0.6 is 15.9 Å². The number of anilines is 1. The molecule has 0 bridgehead atoms. The summed E-state index contributed by atoms with van der Waals surface area (Å²) >= 11 is 3.25. The Balaban J connectivity index is 2.23. The Morgan fingerprint density at radius 3 is 3.00 bits per heavy atom. The van der Waals surface area contributed by atoms with Crippen molar-refractivity contribution in [2.75, 3.05) is 12.8 Å². The Morgan fingerprint density at radius 2 is 2.39 bits per heavy atom. The van der Waals surface area contributed by atoms with Crippen LogP contribution in [-0.2, 0) is 9.53 Å². The van der Waals surface area contributed by atoms with Crippen molar-refractivity contribution >= 4 is 33.3 Å². The van der Waals surface area contributed by atoms with Gasteiger partial charge in [0.05, 0.1) is 19.2 Å². The lowest BCUT2D eigenvalue weighted by Crippen LogP contribution is -2.15. The minimum Gasteiger partial charge on any atom is -0.469 e. The number of ether oxygens (including phenoxy) is 1. The smallest absolute Gasteiger partial charge is 0.312 e. The van der Waals surface area contributed by atoms with Crippen LogP contribution < -0.4 is 5.73 Å². The van der Waals surface area contributed by atoms with Gasteiger partial charge in [-0.3, -0.25) is 4.79 Å². The first-order chi connectivity index (χ1) is 8.61. The number of hydrogen-bond acceptors (Lipinski definition) is 5. The van der Waals surface area contributed by atoms with E-state index in [-0.39, 0.29) is 11.9 Å². The number of aromatic nitrogens is 2. The lowest BCUT2D eigenvalue weighted by Gasteiger charge is -2.14. The summed E-state index contributed by atoms with van der Waals surface area (Å²) in [6.07, 6.45) is 7.64. The quantitative estimate of drug-likeness (QED) is 0.845. The second kappa shape index (κ2) is 5.30. The van der Waals surface area contributed by atoms with Crippen molar-refractivity contribution in [2.24, 2.45) is 5.92 Å². The molecule has 0 fully saturated rings. The molecule has 1 heterocycles. The van der Waals surface area contributed by atoms with E-state index < -0.39 is 0 Å². The van der Waals surface area contributed by atoms with E-state index in [4.69, 9.17) is 10.5 Å². The molecule has 1 aliphatic carbocycles. The van der Waals surface area contributed by atoms with Crippen molar-refractivity contribution in [1.29, 1.82) is 0 Å². The zero-order valence-electron chi connectivity index (χ0n) is 9.76. The molecule has 0 saturated carbocycles. The van der Waals surface area contributed by atoms with E-state index in [9.17, 15) is 4.79 Å². The van der Waals surface area contributed by atoms with Crippen LogP contribution in [0, 0.1) is 5.92 Å². The van der Waals surface area contributed by atoms with Crippen LogP contribution in [0.1, 0.15) is 12.1 Å². The number of nitrogen functional groups attached to an aromatic ring is 1. The maximum Gasteiger partial charge on any atom is 0.312 e. The fourth-order valence-electron chi connectivity index (χ4n) is 1.71. The molecule has 5 nitrogen and oxygen atoms in total. The first-order valence-electron chi connectivity index (χ1n) is 5.36. The first-order valence-corrected chi connectivity index (χ1v) is 6.15. The summed E-state index contributed by atoms with van der Waals surface area (Å²) in [5.74, 6) is -0.111. The van der Waals surface area contributed by atoms with Gasteiger partial charge in [-0.15, -0.1) is 0 Å². The van der Waals surface area contributed by atoms with Gasteiger partial charge in [-0.2, -0.15) is 0 Å². The van der Waals surface area contributed by atoms with Crippen LogP contribution in [-0.4, -0.2) is 23.0 Å². The second-order valence-electron chi connectivity index (χ2n) is 3.81. The summed E-state index contributed by atoms with van der Waals surface area (Å²) < 4.78 is 5.32. The highest BCUT2D eigenvalue weighted by atomic mass is 79.9. The Hall–Kier alpha value is -1.69. The maximum atomic E-state index is 11.4. The average molecular weight is 310 g/mol. The molecule has 0 saturated heterocycles. The predicted molar refractivity (Wildman–Crippen MR) is 71.4 cm³/mol. The topological polar surface area (TPSA) is 78.1 Å². The number of hydrogen-bond donors (Lipinski definition) is 1. The molecular formula is C12H12BrN3O2. The van der Waals surface area contributed by atoms with Gasteiger partial charge in [-0.05, 0) is 27.9 Å². The number of carbonyl (C=O) groups is 1. The van der Waals surface area contributed by atoms with Gasteiger partial charge in [-0.1, -0.05) is 18.2 Å². The van der Waals surface area contributed by atoms with E-state index in [0.29, 0.717) is 22.5 Å². The number of halogens is 1. The number of nitrogens with zero attached hydrogens (tertiary/aromatic N) is 2. The normalized spacial score (nSPS) is 18.3. The number of allylic oxidation sites excluding steroid dienone is 3. The van der Waals surface area contributed by atoms with Crippen molar-refractivity contribution in [1.82, 2.24) is 9.97 Å². The average Bonchev–Trinajstić information content (AvgIpc) is 2.41. The second-order valence-corrected chi connectivity index (χ2v) is 4.62. The molecule has 0 radical (unpaired) electrons. The molecule has 2 rings (SSSR count).